The highest BCUT2D eigenvalue weighted by Crippen LogP contribution is 2.21. The number of aliphatic hydroxyl groups excluding tert-OH is 1. The molecule has 0 aliphatic carbocycles. The predicted octanol–water partition coefficient (Wildman–Crippen LogP) is 1.71. The molecule has 8 heteroatoms. The number of hydrogen-bond donors (Lipinski definition) is 3. The maximum Gasteiger partial charge on any atom is 0.242 e. The summed E-state index contributed by atoms with van der Waals surface area (Å²) in [4.78, 5) is 6.88. The zero-order valence-electron chi connectivity index (χ0n) is 11.9. The molecule has 0 spiro atoms. The van der Waals surface area contributed by atoms with Gasteiger partial charge in [-0.2, -0.15) is 0 Å². The Morgan fingerprint density at radius 1 is 1.26 bits per heavy atom. The van der Waals surface area contributed by atoms with Crippen molar-refractivity contribution in [1.29, 1.82) is 0 Å². The van der Waals surface area contributed by atoms with Crippen LogP contribution in [0.15, 0.2) is 53.7 Å². The molecule has 3 rings (SSSR count). The van der Waals surface area contributed by atoms with Gasteiger partial charge in [0, 0.05) is 24.3 Å². The number of nitrogens with one attached hydrogen (secondary N) is 2. The molecule has 0 saturated carbocycles. The van der Waals surface area contributed by atoms with Gasteiger partial charge in [-0.25, -0.2) is 22.5 Å². The molecule has 0 fully saturated rings. The molecular formula is C15H14FN3O3S. The molecule has 0 saturated heterocycles. The number of rotatable bonds is 5. The average Bonchev–Trinajstić information content (AvgIpc) is 2.98. The number of sulfonamides is 1. The van der Waals surface area contributed by atoms with Crippen LogP contribution in [-0.2, 0) is 10.0 Å². The number of aromatic amines is 1. The van der Waals surface area contributed by atoms with Gasteiger partial charge in [0.15, 0.2) is 0 Å². The Bertz CT molecular complexity index is 923. The Kier molecular flexibility index (Phi) is 4.12. The largest absolute Gasteiger partial charge is 0.387 e. The number of H-pyrrole nitrogens is 1. The van der Waals surface area contributed by atoms with E-state index in [1.54, 1.807) is 18.3 Å². The van der Waals surface area contributed by atoms with Gasteiger partial charge in [0.05, 0.1) is 6.10 Å². The van der Waals surface area contributed by atoms with Crippen LogP contribution in [0, 0.1) is 5.82 Å². The molecule has 2 heterocycles. The number of halogens is 1. The molecule has 3 aromatic rings. The second-order valence-corrected chi connectivity index (χ2v) is 6.71. The second kappa shape index (κ2) is 6.07. The van der Waals surface area contributed by atoms with Crippen LogP contribution in [0.3, 0.4) is 0 Å². The summed E-state index contributed by atoms with van der Waals surface area (Å²) < 4.78 is 39.9. The molecule has 1 aromatic carbocycles. The Balaban J connectivity index is 1.77. The molecular weight excluding hydrogens is 321 g/mol. The lowest BCUT2D eigenvalue weighted by Gasteiger charge is -2.12. The Morgan fingerprint density at radius 3 is 2.74 bits per heavy atom. The van der Waals surface area contributed by atoms with Crippen molar-refractivity contribution >= 4 is 21.1 Å². The molecule has 23 heavy (non-hydrogen) atoms. The average molecular weight is 335 g/mol. The summed E-state index contributed by atoms with van der Waals surface area (Å²) in [6.45, 7) is -0.221. The summed E-state index contributed by atoms with van der Waals surface area (Å²) >= 11 is 0. The Morgan fingerprint density at radius 2 is 2.00 bits per heavy atom. The van der Waals surface area contributed by atoms with Gasteiger partial charge in [-0.05, 0) is 29.8 Å². The maximum absolute atomic E-state index is 12.9. The highest BCUT2D eigenvalue weighted by atomic mass is 32.2. The monoisotopic (exact) mass is 335 g/mol. The van der Waals surface area contributed by atoms with Crippen LogP contribution in [0.1, 0.15) is 11.7 Å². The predicted molar refractivity (Wildman–Crippen MR) is 82.6 cm³/mol. The fourth-order valence-corrected chi connectivity index (χ4v) is 3.42. The number of nitrogens with zero attached hydrogens (tertiary/aromatic N) is 1. The lowest BCUT2D eigenvalue weighted by Crippen LogP contribution is -2.28. The quantitative estimate of drug-likeness (QED) is 0.661. The summed E-state index contributed by atoms with van der Waals surface area (Å²) in [5.41, 5.74) is 0.890. The summed E-state index contributed by atoms with van der Waals surface area (Å²) in [6, 6.07) is 8.51. The minimum absolute atomic E-state index is 0.0620. The van der Waals surface area contributed by atoms with Crippen molar-refractivity contribution in [3.05, 3.63) is 60.2 Å². The molecule has 0 radical (unpaired) electrons. The van der Waals surface area contributed by atoms with Crippen LogP contribution in [0.5, 0.6) is 0 Å². The van der Waals surface area contributed by atoms with E-state index < -0.39 is 21.9 Å². The first-order valence-electron chi connectivity index (χ1n) is 6.83. The summed E-state index contributed by atoms with van der Waals surface area (Å²) in [5.74, 6) is -0.423. The van der Waals surface area contributed by atoms with Gasteiger partial charge in [-0.3, -0.25) is 0 Å². The third kappa shape index (κ3) is 3.24. The topological polar surface area (TPSA) is 95.1 Å². The van der Waals surface area contributed by atoms with Crippen molar-refractivity contribution < 1.29 is 17.9 Å². The first kappa shape index (κ1) is 15.6. The van der Waals surface area contributed by atoms with E-state index in [1.807, 2.05) is 0 Å². The molecule has 0 aliphatic heterocycles. The van der Waals surface area contributed by atoms with E-state index in [2.05, 4.69) is 14.7 Å². The van der Waals surface area contributed by atoms with Crippen LogP contribution in [0.2, 0.25) is 0 Å². The van der Waals surface area contributed by atoms with E-state index in [0.29, 0.717) is 16.6 Å². The third-order valence-electron chi connectivity index (χ3n) is 3.42. The van der Waals surface area contributed by atoms with Crippen molar-refractivity contribution in [1.82, 2.24) is 14.7 Å². The van der Waals surface area contributed by atoms with E-state index in [9.17, 15) is 17.9 Å². The van der Waals surface area contributed by atoms with Crippen molar-refractivity contribution in [2.45, 2.75) is 11.0 Å². The zero-order valence-corrected chi connectivity index (χ0v) is 12.7. The minimum Gasteiger partial charge on any atom is -0.387 e. The lowest BCUT2D eigenvalue weighted by atomic mass is 10.1. The minimum atomic E-state index is -3.81. The van der Waals surface area contributed by atoms with Crippen LogP contribution in [-0.4, -0.2) is 30.0 Å². The lowest BCUT2D eigenvalue weighted by molar-refractivity contribution is 0.182. The second-order valence-electron chi connectivity index (χ2n) is 4.97. The van der Waals surface area contributed by atoms with Crippen LogP contribution >= 0.6 is 0 Å². The van der Waals surface area contributed by atoms with Gasteiger partial charge in [-0.1, -0.05) is 12.1 Å². The van der Waals surface area contributed by atoms with Gasteiger partial charge < -0.3 is 10.1 Å². The first-order valence-corrected chi connectivity index (χ1v) is 8.31. The first-order chi connectivity index (χ1) is 11.0. The number of fused-ring (bicyclic) bond motifs is 1. The van der Waals surface area contributed by atoms with Gasteiger partial charge in [0.1, 0.15) is 16.4 Å². The maximum atomic E-state index is 12.9. The molecule has 1 atom stereocenters. The molecule has 0 aliphatic rings. The van der Waals surface area contributed by atoms with Gasteiger partial charge in [-0.15, -0.1) is 0 Å². The summed E-state index contributed by atoms with van der Waals surface area (Å²) in [6.07, 6.45) is 1.83. The molecule has 0 amide bonds. The number of aromatic nitrogens is 2. The van der Waals surface area contributed by atoms with Crippen molar-refractivity contribution in [3.8, 4) is 0 Å². The van der Waals surface area contributed by atoms with Gasteiger partial charge in [0.2, 0.25) is 10.0 Å². The fraction of sp³-hybridized carbons (Fsp3) is 0.133. The van der Waals surface area contributed by atoms with E-state index in [0.717, 1.165) is 0 Å². The number of aliphatic hydroxyl groups is 1. The van der Waals surface area contributed by atoms with Crippen molar-refractivity contribution in [3.63, 3.8) is 0 Å². The van der Waals surface area contributed by atoms with E-state index in [-0.39, 0.29) is 11.4 Å². The molecule has 3 N–H and O–H groups in total. The summed E-state index contributed by atoms with van der Waals surface area (Å²) in [7, 11) is -3.81. The summed E-state index contributed by atoms with van der Waals surface area (Å²) in [5, 5.41) is 10.5. The smallest absolute Gasteiger partial charge is 0.242 e. The standard InChI is InChI=1S/C15H14FN3O3S/c16-11-5-3-10(4-6-11)13(20)8-19-23(21,22)14-9-18-15-12(14)2-1-7-17-15/h1-7,9,13,19-20H,8H2,(H,17,18). The molecule has 6 nitrogen and oxygen atoms in total. The van der Waals surface area contributed by atoms with Crippen LogP contribution < -0.4 is 4.72 Å². The number of hydrogen-bond acceptors (Lipinski definition) is 4. The van der Waals surface area contributed by atoms with E-state index in [1.165, 1.54) is 30.5 Å². The van der Waals surface area contributed by atoms with Crippen LogP contribution in [0.25, 0.3) is 11.0 Å². The Hall–Kier alpha value is -2.29. The van der Waals surface area contributed by atoms with Gasteiger partial charge in [0.25, 0.3) is 0 Å². The van der Waals surface area contributed by atoms with Crippen molar-refractivity contribution in [2.75, 3.05) is 6.54 Å². The third-order valence-corrected chi connectivity index (χ3v) is 4.89. The van der Waals surface area contributed by atoms with Crippen LogP contribution in [0.4, 0.5) is 4.39 Å². The van der Waals surface area contributed by atoms with Gasteiger partial charge >= 0.3 is 0 Å². The normalized spacial score (nSPS) is 13.3. The molecule has 1 unspecified atom stereocenters. The molecule has 120 valence electrons. The number of benzene rings is 1. The van der Waals surface area contributed by atoms with E-state index in [4.69, 9.17) is 0 Å². The van der Waals surface area contributed by atoms with E-state index >= 15 is 0 Å². The Labute approximate surface area is 132 Å². The highest BCUT2D eigenvalue weighted by Gasteiger charge is 2.20. The zero-order chi connectivity index (χ0) is 16.4. The number of pyridine rings is 1. The van der Waals surface area contributed by atoms with Crippen molar-refractivity contribution in [2.24, 2.45) is 0 Å². The SMILES string of the molecule is O=S(=O)(NCC(O)c1ccc(F)cc1)c1c[nH]c2ncccc12. The molecule has 2 aromatic heterocycles. The fourth-order valence-electron chi connectivity index (χ4n) is 2.22. The molecule has 0 bridgehead atoms. The highest BCUT2D eigenvalue weighted by molar-refractivity contribution is 7.89.